The Balaban J connectivity index is 2.03. The number of piperidine rings is 1. The van der Waals surface area contributed by atoms with Gasteiger partial charge in [0.25, 0.3) is 5.91 Å². The molecule has 1 aromatic carbocycles. The number of para-hydroxylation sites is 1. The SMILES string of the molecule is C[C@H](Oc1ccccc1F)C(=O)N1CCCC[C@H]1CN(C)C. The second-order valence-corrected chi connectivity index (χ2v) is 6.13. The van der Waals surface area contributed by atoms with Gasteiger partial charge in [-0.05, 0) is 52.4 Å². The van der Waals surface area contributed by atoms with Crippen LogP contribution in [0.1, 0.15) is 26.2 Å². The summed E-state index contributed by atoms with van der Waals surface area (Å²) in [5.74, 6) is -0.370. The number of rotatable bonds is 5. The van der Waals surface area contributed by atoms with Crippen molar-refractivity contribution in [3.05, 3.63) is 30.1 Å². The first kappa shape index (κ1) is 16.7. The number of halogens is 1. The van der Waals surface area contributed by atoms with E-state index in [-0.39, 0.29) is 17.7 Å². The average Bonchev–Trinajstić information content (AvgIpc) is 2.49. The molecule has 0 aromatic heterocycles. The van der Waals surface area contributed by atoms with Crippen molar-refractivity contribution < 1.29 is 13.9 Å². The van der Waals surface area contributed by atoms with Crippen LogP contribution in [0.3, 0.4) is 0 Å². The molecule has 0 unspecified atom stereocenters. The Morgan fingerprint density at radius 2 is 2.14 bits per heavy atom. The van der Waals surface area contributed by atoms with Crippen molar-refractivity contribution in [2.45, 2.75) is 38.3 Å². The number of hydrogen-bond donors (Lipinski definition) is 0. The molecule has 122 valence electrons. The van der Waals surface area contributed by atoms with E-state index < -0.39 is 11.9 Å². The normalized spacial score (nSPS) is 20.0. The molecule has 0 aliphatic carbocycles. The van der Waals surface area contributed by atoms with Crippen molar-refractivity contribution in [1.29, 1.82) is 0 Å². The summed E-state index contributed by atoms with van der Waals surface area (Å²) in [5, 5.41) is 0. The lowest BCUT2D eigenvalue weighted by molar-refractivity contribution is -0.142. The van der Waals surface area contributed by atoms with Crippen LogP contribution in [0.2, 0.25) is 0 Å². The molecule has 0 N–H and O–H groups in total. The third-order valence-corrected chi connectivity index (χ3v) is 3.97. The van der Waals surface area contributed by atoms with Crippen LogP contribution in [0.25, 0.3) is 0 Å². The fourth-order valence-electron chi connectivity index (χ4n) is 2.92. The molecule has 1 aliphatic heterocycles. The van der Waals surface area contributed by atoms with Crippen LogP contribution >= 0.6 is 0 Å². The zero-order chi connectivity index (χ0) is 16.1. The Morgan fingerprint density at radius 1 is 1.41 bits per heavy atom. The smallest absolute Gasteiger partial charge is 0.263 e. The summed E-state index contributed by atoms with van der Waals surface area (Å²) in [4.78, 5) is 16.7. The van der Waals surface area contributed by atoms with Crippen molar-refractivity contribution >= 4 is 5.91 Å². The number of hydrogen-bond acceptors (Lipinski definition) is 3. The molecular weight excluding hydrogens is 283 g/mol. The van der Waals surface area contributed by atoms with Crippen LogP contribution < -0.4 is 4.74 Å². The van der Waals surface area contributed by atoms with Gasteiger partial charge in [-0.25, -0.2) is 4.39 Å². The summed E-state index contributed by atoms with van der Waals surface area (Å²) < 4.78 is 19.2. The highest BCUT2D eigenvalue weighted by atomic mass is 19.1. The summed E-state index contributed by atoms with van der Waals surface area (Å²) in [5.41, 5.74) is 0. The van der Waals surface area contributed by atoms with E-state index in [1.807, 2.05) is 19.0 Å². The Bertz CT molecular complexity index is 507. The summed E-state index contributed by atoms with van der Waals surface area (Å²) in [6.07, 6.45) is 2.49. The number of amides is 1. The van der Waals surface area contributed by atoms with Crippen LogP contribution in [0.15, 0.2) is 24.3 Å². The molecule has 2 rings (SSSR count). The fourth-order valence-corrected chi connectivity index (χ4v) is 2.92. The van der Waals surface area contributed by atoms with Crippen molar-refractivity contribution in [2.75, 3.05) is 27.2 Å². The highest BCUT2D eigenvalue weighted by Gasteiger charge is 2.31. The lowest BCUT2D eigenvalue weighted by atomic mass is 10.0. The molecule has 2 atom stereocenters. The minimum absolute atomic E-state index is 0.0604. The first-order valence-corrected chi connectivity index (χ1v) is 7.85. The molecular formula is C17H25FN2O2. The van der Waals surface area contributed by atoms with Crippen LogP contribution in [0.4, 0.5) is 4.39 Å². The minimum Gasteiger partial charge on any atom is -0.478 e. The predicted octanol–water partition coefficient (Wildman–Crippen LogP) is 2.54. The summed E-state index contributed by atoms with van der Waals surface area (Å²) in [6, 6.07) is 6.40. The van der Waals surface area contributed by atoms with Gasteiger partial charge in [-0.3, -0.25) is 4.79 Å². The first-order valence-electron chi connectivity index (χ1n) is 7.85. The van der Waals surface area contributed by atoms with E-state index in [0.29, 0.717) is 0 Å². The van der Waals surface area contributed by atoms with Gasteiger partial charge in [-0.1, -0.05) is 12.1 Å². The summed E-state index contributed by atoms with van der Waals surface area (Å²) >= 11 is 0. The van der Waals surface area contributed by atoms with E-state index in [1.165, 1.54) is 6.07 Å². The highest BCUT2D eigenvalue weighted by molar-refractivity contribution is 5.81. The van der Waals surface area contributed by atoms with Gasteiger partial charge in [-0.2, -0.15) is 0 Å². The molecule has 1 aromatic rings. The predicted molar refractivity (Wildman–Crippen MR) is 84.4 cm³/mol. The van der Waals surface area contributed by atoms with Crippen molar-refractivity contribution in [3.63, 3.8) is 0 Å². The molecule has 1 saturated heterocycles. The topological polar surface area (TPSA) is 32.8 Å². The fraction of sp³-hybridized carbons (Fsp3) is 0.588. The summed E-state index contributed by atoms with van der Waals surface area (Å²) in [6.45, 7) is 3.29. The molecule has 1 amide bonds. The molecule has 0 radical (unpaired) electrons. The molecule has 1 aliphatic rings. The standard InChI is InChI=1S/C17H25FN2O2/c1-13(22-16-10-5-4-9-15(16)18)17(21)20-11-7-6-8-14(20)12-19(2)3/h4-5,9-10,13-14H,6-8,11-12H2,1-3H3/t13-,14-/m0/s1. The molecule has 1 fully saturated rings. The Labute approximate surface area is 131 Å². The van der Waals surface area contributed by atoms with Gasteiger partial charge >= 0.3 is 0 Å². The molecule has 22 heavy (non-hydrogen) atoms. The van der Waals surface area contributed by atoms with Gasteiger partial charge in [0.15, 0.2) is 17.7 Å². The second-order valence-electron chi connectivity index (χ2n) is 6.13. The van der Waals surface area contributed by atoms with Gasteiger partial charge in [0.2, 0.25) is 0 Å². The average molecular weight is 308 g/mol. The highest BCUT2D eigenvalue weighted by Crippen LogP contribution is 2.21. The van der Waals surface area contributed by atoms with Gasteiger partial charge < -0.3 is 14.5 Å². The van der Waals surface area contributed by atoms with Gasteiger partial charge in [-0.15, -0.1) is 0 Å². The van der Waals surface area contributed by atoms with Gasteiger partial charge in [0.05, 0.1) is 0 Å². The number of benzene rings is 1. The van der Waals surface area contributed by atoms with E-state index in [1.54, 1.807) is 25.1 Å². The lowest BCUT2D eigenvalue weighted by Crippen LogP contribution is -2.52. The maximum Gasteiger partial charge on any atom is 0.263 e. The molecule has 0 bridgehead atoms. The molecule has 5 heteroatoms. The number of nitrogens with zero attached hydrogens (tertiary/aromatic N) is 2. The number of carbonyl (C=O) groups excluding carboxylic acids is 1. The van der Waals surface area contributed by atoms with Crippen molar-refractivity contribution in [3.8, 4) is 5.75 Å². The van der Waals surface area contributed by atoms with E-state index in [2.05, 4.69) is 4.90 Å². The summed E-state index contributed by atoms with van der Waals surface area (Å²) in [7, 11) is 4.02. The Kier molecular flexibility index (Phi) is 5.77. The number of likely N-dealkylation sites (N-methyl/N-ethyl adjacent to an activating group) is 1. The van der Waals surface area contributed by atoms with Crippen LogP contribution in [0.5, 0.6) is 5.75 Å². The third-order valence-electron chi connectivity index (χ3n) is 3.97. The molecule has 1 heterocycles. The van der Waals surface area contributed by atoms with E-state index in [4.69, 9.17) is 4.74 Å². The maximum atomic E-state index is 13.6. The quantitative estimate of drug-likeness (QED) is 0.838. The Morgan fingerprint density at radius 3 is 2.82 bits per heavy atom. The zero-order valence-corrected chi connectivity index (χ0v) is 13.6. The Hall–Kier alpha value is -1.62. The van der Waals surface area contributed by atoms with Crippen molar-refractivity contribution in [1.82, 2.24) is 9.80 Å². The lowest BCUT2D eigenvalue weighted by Gasteiger charge is -2.38. The van der Waals surface area contributed by atoms with E-state index >= 15 is 0 Å². The molecule has 0 spiro atoms. The van der Waals surface area contributed by atoms with Crippen LogP contribution in [-0.4, -0.2) is 55.0 Å². The monoisotopic (exact) mass is 308 g/mol. The van der Waals surface area contributed by atoms with E-state index in [0.717, 1.165) is 32.4 Å². The van der Waals surface area contributed by atoms with Crippen LogP contribution in [-0.2, 0) is 4.79 Å². The van der Waals surface area contributed by atoms with Crippen molar-refractivity contribution in [2.24, 2.45) is 0 Å². The largest absolute Gasteiger partial charge is 0.478 e. The van der Waals surface area contributed by atoms with Gasteiger partial charge in [0.1, 0.15) is 0 Å². The number of likely N-dealkylation sites (tertiary alicyclic amines) is 1. The first-order chi connectivity index (χ1) is 10.5. The second kappa shape index (κ2) is 7.58. The molecule has 0 saturated carbocycles. The molecule has 4 nitrogen and oxygen atoms in total. The maximum absolute atomic E-state index is 13.6. The third kappa shape index (κ3) is 4.19. The number of ether oxygens (including phenoxy) is 1. The number of carbonyl (C=O) groups is 1. The minimum atomic E-state index is -0.681. The van der Waals surface area contributed by atoms with E-state index in [9.17, 15) is 9.18 Å². The van der Waals surface area contributed by atoms with Crippen LogP contribution in [0, 0.1) is 5.82 Å². The van der Waals surface area contributed by atoms with Gasteiger partial charge in [0, 0.05) is 19.1 Å². The zero-order valence-electron chi connectivity index (χ0n) is 13.6.